The summed E-state index contributed by atoms with van der Waals surface area (Å²) >= 11 is 6.31. The van der Waals surface area contributed by atoms with Gasteiger partial charge in [0.25, 0.3) is 5.91 Å². The number of aryl methyl sites for hydroxylation is 1. The van der Waals surface area contributed by atoms with Crippen LogP contribution in [0.3, 0.4) is 0 Å². The van der Waals surface area contributed by atoms with Crippen molar-refractivity contribution in [2.75, 3.05) is 0 Å². The van der Waals surface area contributed by atoms with Crippen LogP contribution in [0.25, 0.3) is 0 Å². The van der Waals surface area contributed by atoms with Crippen molar-refractivity contribution in [3.05, 3.63) is 106 Å². The molecule has 0 unspecified atom stereocenters. The molecule has 4 nitrogen and oxygen atoms in total. The molecule has 152 valence electrons. The summed E-state index contributed by atoms with van der Waals surface area (Å²) in [6.45, 7) is 0.295. The summed E-state index contributed by atoms with van der Waals surface area (Å²) in [6.07, 6.45) is 2.79. The molecule has 2 amide bonds. The van der Waals surface area contributed by atoms with E-state index in [1.807, 2.05) is 65.6 Å². The highest BCUT2D eigenvalue weighted by Gasteiger charge is 2.31. The van der Waals surface area contributed by atoms with Crippen LogP contribution >= 0.6 is 11.6 Å². The fraction of sp³-hybridized carbons (Fsp3) is 0.200. The minimum absolute atomic E-state index is 0.0762. The standard InChI is InChI=1S/C25H23ClN2O2/c26-20-14-13-17-10-6-12-23(22(17)15-20)28(25(30)18-7-2-1-3-8-18)16-19-9-4-5-11-21(19)24(27)29/h1-5,7-9,11,13-15,23H,6,10,12,16H2,(H2,27,29)/t23-/m1/s1. The third-order valence-corrected chi connectivity index (χ3v) is 5.91. The van der Waals surface area contributed by atoms with Gasteiger partial charge in [0.1, 0.15) is 0 Å². The van der Waals surface area contributed by atoms with Gasteiger partial charge in [-0.25, -0.2) is 0 Å². The molecule has 0 aromatic heterocycles. The minimum Gasteiger partial charge on any atom is -0.366 e. The Morgan fingerprint density at radius 1 is 1.00 bits per heavy atom. The molecule has 1 atom stereocenters. The lowest BCUT2D eigenvalue weighted by Gasteiger charge is -2.36. The van der Waals surface area contributed by atoms with E-state index in [1.54, 1.807) is 12.1 Å². The van der Waals surface area contributed by atoms with E-state index in [0.29, 0.717) is 22.7 Å². The first kappa shape index (κ1) is 20.2. The molecule has 2 N–H and O–H groups in total. The number of halogens is 1. The summed E-state index contributed by atoms with van der Waals surface area (Å²) in [4.78, 5) is 27.4. The van der Waals surface area contributed by atoms with Gasteiger partial charge in [0.2, 0.25) is 5.91 Å². The third-order valence-electron chi connectivity index (χ3n) is 5.67. The molecule has 1 aliphatic carbocycles. The first-order chi connectivity index (χ1) is 14.5. The zero-order valence-corrected chi connectivity index (χ0v) is 17.3. The minimum atomic E-state index is -0.496. The number of fused-ring (bicyclic) bond motifs is 1. The number of rotatable bonds is 5. The maximum atomic E-state index is 13.6. The second-order valence-corrected chi connectivity index (χ2v) is 8.01. The molecule has 30 heavy (non-hydrogen) atoms. The van der Waals surface area contributed by atoms with Gasteiger partial charge in [0.05, 0.1) is 6.04 Å². The Hall–Kier alpha value is -3.11. The normalized spacial score (nSPS) is 15.3. The van der Waals surface area contributed by atoms with Gasteiger partial charge in [-0.05, 0) is 66.3 Å². The molecule has 4 rings (SSSR count). The lowest BCUT2D eigenvalue weighted by atomic mass is 9.86. The fourth-order valence-electron chi connectivity index (χ4n) is 4.22. The number of carbonyl (C=O) groups is 2. The van der Waals surface area contributed by atoms with Crippen LogP contribution in [0.4, 0.5) is 0 Å². The van der Waals surface area contributed by atoms with Crippen molar-refractivity contribution in [3.63, 3.8) is 0 Å². The lowest BCUT2D eigenvalue weighted by molar-refractivity contribution is 0.0636. The van der Waals surface area contributed by atoms with Gasteiger partial charge < -0.3 is 10.6 Å². The molecule has 0 spiro atoms. The summed E-state index contributed by atoms with van der Waals surface area (Å²) in [6, 6.07) is 22.2. The highest BCUT2D eigenvalue weighted by Crippen LogP contribution is 2.37. The zero-order chi connectivity index (χ0) is 21.1. The van der Waals surface area contributed by atoms with Gasteiger partial charge in [-0.3, -0.25) is 9.59 Å². The van der Waals surface area contributed by atoms with Crippen LogP contribution in [0.2, 0.25) is 5.02 Å². The van der Waals surface area contributed by atoms with Gasteiger partial charge in [-0.15, -0.1) is 0 Å². The molecule has 0 heterocycles. The van der Waals surface area contributed by atoms with Crippen molar-refractivity contribution in [1.29, 1.82) is 0 Å². The maximum Gasteiger partial charge on any atom is 0.254 e. The quantitative estimate of drug-likeness (QED) is 0.622. The summed E-state index contributed by atoms with van der Waals surface area (Å²) in [5.41, 5.74) is 9.67. The molecule has 0 fully saturated rings. The van der Waals surface area contributed by atoms with Crippen molar-refractivity contribution >= 4 is 23.4 Å². The number of hydrogen-bond acceptors (Lipinski definition) is 2. The fourth-order valence-corrected chi connectivity index (χ4v) is 4.40. The molecular formula is C25H23ClN2O2. The van der Waals surface area contributed by atoms with Gasteiger partial charge >= 0.3 is 0 Å². The first-order valence-electron chi connectivity index (χ1n) is 10.1. The number of nitrogens with zero attached hydrogens (tertiary/aromatic N) is 1. The summed E-state index contributed by atoms with van der Waals surface area (Å²) < 4.78 is 0. The van der Waals surface area contributed by atoms with E-state index < -0.39 is 5.91 Å². The molecule has 0 aliphatic heterocycles. The van der Waals surface area contributed by atoms with Gasteiger partial charge in [0, 0.05) is 22.7 Å². The van der Waals surface area contributed by atoms with Crippen LogP contribution in [0.15, 0.2) is 72.8 Å². The number of primary amides is 1. The molecule has 0 radical (unpaired) electrons. The summed E-state index contributed by atoms with van der Waals surface area (Å²) in [5, 5.41) is 0.658. The number of nitrogens with two attached hydrogens (primary N) is 1. The van der Waals surface area contributed by atoms with E-state index in [9.17, 15) is 9.59 Å². The van der Waals surface area contributed by atoms with Crippen molar-refractivity contribution in [2.45, 2.75) is 31.8 Å². The van der Waals surface area contributed by atoms with Crippen molar-refractivity contribution in [3.8, 4) is 0 Å². The molecule has 5 heteroatoms. The van der Waals surface area contributed by atoms with Crippen LogP contribution in [0, 0.1) is 0 Å². The first-order valence-corrected chi connectivity index (χ1v) is 10.4. The highest BCUT2D eigenvalue weighted by molar-refractivity contribution is 6.30. The van der Waals surface area contributed by atoms with Crippen LogP contribution in [-0.4, -0.2) is 16.7 Å². The van der Waals surface area contributed by atoms with E-state index >= 15 is 0 Å². The summed E-state index contributed by atoms with van der Waals surface area (Å²) in [5.74, 6) is -0.572. The lowest BCUT2D eigenvalue weighted by Crippen LogP contribution is -2.37. The SMILES string of the molecule is NC(=O)c1ccccc1CN(C(=O)c1ccccc1)[C@@H]1CCCc2ccc(Cl)cc21. The van der Waals surface area contributed by atoms with E-state index in [2.05, 4.69) is 0 Å². The summed E-state index contributed by atoms with van der Waals surface area (Å²) in [7, 11) is 0. The maximum absolute atomic E-state index is 13.6. The average molecular weight is 419 g/mol. The van der Waals surface area contributed by atoms with Gasteiger partial charge in [0.15, 0.2) is 0 Å². The second-order valence-electron chi connectivity index (χ2n) is 7.57. The van der Waals surface area contributed by atoms with Crippen molar-refractivity contribution in [2.24, 2.45) is 5.73 Å². The van der Waals surface area contributed by atoms with Crippen LogP contribution in [0.1, 0.15) is 56.3 Å². The van der Waals surface area contributed by atoms with E-state index in [-0.39, 0.29) is 11.9 Å². The molecule has 3 aromatic rings. The Kier molecular flexibility index (Phi) is 5.86. The Labute approximate surface area is 181 Å². The van der Waals surface area contributed by atoms with Crippen LogP contribution in [-0.2, 0) is 13.0 Å². The molecule has 1 aliphatic rings. The van der Waals surface area contributed by atoms with Crippen LogP contribution in [0.5, 0.6) is 0 Å². The number of carbonyl (C=O) groups excluding carboxylic acids is 2. The molecular weight excluding hydrogens is 396 g/mol. The van der Waals surface area contributed by atoms with Gasteiger partial charge in [-0.1, -0.05) is 54.1 Å². The second kappa shape index (κ2) is 8.72. The highest BCUT2D eigenvalue weighted by atomic mass is 35.5. The van der Waals surface area contributed by atoms with Gasteiger partial charge in [-0.2, -0.15) is 0 Å². The topological polar surface area (TPSA) is 63.4 Å². The average Bonchev–Trinajstić information content (AvgIpc) is 2.77. The van der Waals surface area contributed by atoms with E-state index in [4.69, 9.17) is 17.3 Å². The smallest absolute Gasteiger partial charge is 0.254 e. The Balaban J connectivity index is 1.79. The molecule has 0 saturated heterocycles. The van der Waals surface area contributed by atoms with E-state index in [1.165, 1.54) is 5.56 Å². The monoisotopic (exact) mass is 418 g/mol. The Morgan fingerprint density at radius 3 is 2.50 bits per heavy atom. The Bertz CT molecular complexity index is 1080. The molecule has 3 aromatic carbocycles. The van der Waals surface area contributed by atoms with Crippen LogP contribution < -0.4 is 5.73 Å². The molecule has 0 bridgehead atoms. The largest absolute Gasteiger partial charge is 0.366 e. The third kappa shape index (κ3) is 4.10. The Morgan fingerprint density at radius 2 is 1.73 bits per heavy atom. The van der Waals surface area contributed by atoms with Crippen molar-refractivity contribution < 1.29 is 9.59 Å². The van der Waals surface area contributed by atoms with E-state index in [0.717, 1.165) is 30.4 Å². The van der Waals surface area contributed by atoms with Crippen molar-refractivity contribution in [1.82, 2.24) is 4.90 Å². The number of hydrogen-bond donors (Lipinski definition) is 1. The predicted octanol–water partition coefficient (Wildman–Crippen LogP) is 5.16. The number of amides is 2. The number of benzene rings is 3. The zero-order valence-electron chi connectivity index (χ0n) is 16.6. The molecule has 0 saturated carbocycles. The predicted molar refractivity (Wildman–Crippen MR) is 118 cm³/mol.